The highest BCUT2D eigenvalue weighted by atomic mass is 16.4. The van der Waals surface area contributed by atoms with Gasteiger partial charge in [0.2, 0.25) is 0 Å². The number of piperidine rings is 1. The van der Waals surface area contributed by atoms with Crippen LogP contribution in [0.25, 0.3) is 0 Å². The van der Waals surface area contributed by atoms with Crippen molar-refractivity contribution in [1.82, 2.24) is 14.7 Å². The number of amides is 2. The minimum atomic E-state index is -0.805. The van der Waals surface area contributed by atoms with Crippen LogP contribution in [0, 0.1) is 11.3 Å². The van der Waals surface area contributed by atoms with Crippen molar-refractivity contribution < 1.29 is 14.7 Å². The second kappa shape index (κ2) is 6.22. The van der Waals surface area contributed by atoms with E-state index in [2.05, 4.69) is 11.9 Å². The molecule has 120 valence electrons. The molecule has 2 rings (SSSR count). The monoisotopic (exact) mass is 297 g/mol. The van der Waals surface area contributed by atoms with E-state index in [9.17, 15) is 14.7 Å². The van der Waals surface area contributed by atoms with Crippen LogP contribution in [-0.4, -0.2) is 78.6 Å². The second-order valence-electron chi connectivity index (χ2n) is 6.97. The van der Waals surface area contributed by atoms with Crippen molar-refractivity contribution in [3.8, 4) is 0 Å². The lowest BCUT2D eigenvalue weighted by Gasteiger charge is -2.39. The number of hydrogen-bond donors (Lipinski definition) is 1. The molecule has 2 atom stereocenters. The fraction of sp³-hybridized carbons (Fsp3) is 0.867. The summed E-state index contributed by atoms with van der Waals surface area (Å²) < 4.78 is 0. The molecule has 0 saturated carbocycles. The Bertz CT molecular complexity index is 415. The lowest BCUT2D eigenvalue weighted by Crippen LogP contribution is -2.52. The number of aliphatic carboxylic acids is 1. The van der Waals surface area contributed by atoms with Gasteiger partial charge in [0.15, 0.2) is 0 Å². The molecule has 0 bridgehead atoms. The molecule has 0 aromatic rings. The van der Waals surface area contributed by atoms with Crippen LogP contribution in [0.1, 0.15) is 26.2 Å². The molecule has 21 heavy (non-hydrogen) atoms. The van der Waals surface area contributed by atoms with E-state index in [4.69, 9.17) is 0 Å². The average Bonchev–Trinajstić information content (AvgIpc) is 2.83. The van der Waals surface area contributed by atoms with Crippen LogP contribution < -0.4 is 0 Å². The normalized spacial score (nSPS) is 30.4. The smallest absolute Gasteiger partial charge is 0.319 e. The SMILES string of the molecule is CN1CCC(CN(C)C(=O)N2CCCC(C)(C(=O)O)C2)C1. The van der Waals surface area contributed by atoms with Crippen molar-refractivity contribution in [2.24, 2.45) is 11.3 Å². The van der Waals surface area contributed by atoms with Crippen LogP contribution in [0.5, 0.6) is 0 Å². The van der Waals surface area contributed by atoms with E-state index in [0.29, 0.717) is 25.4 Å². The molecular weight excluding hydrogens is 270 g/mol. The maximum Gasteiger partial charge on any atom is 0.319 e. The minimum absolute atomic E-state index is 0.0308. The number of rotatable bonds is 3. The van der Waals surface area contributed by atoms with Gasteiger partial charge in [0.25, 0.3) is 0 Å². The molecule has 6 heteroatoms. The lowest BCUT2D eigenvalue weighted by molar-refractivity contribution is -0.150. The van der Waals surface area contributed by atoms with Crippen LogP contribution in [0.2, 0.25) is 0 Å². The molecule has 6 nitrogen and oxygen atoms in total. The molecule has 2 fully saturated rings. The largest absolute Gasteiger partial charge is 0.481 e. The van der Waals surface area contributed by atoms with Crippen LogP contribution in [-0.2, 0) is 4.79 Å². The van der Waals surface area contributed by atoms with Crippen molar-refractivity contribution in [3.63, 3.8) is 0 Å². The molecule has 2 unspecified atom stereocenters. The van der Waals surface area contributed by atoms with Gasteiger partial charge in [0, 0.05) is 33.2 Å². The fourth-order valence-electron chi connectivity index (χ4n) is 3.46. The summed E-state index contributed by atoms with van der Waals surface area (Å²) >= 11 is 0. The van der Waals surface area contributed by atoms with Crippen molar-refractivity contribution >= 4 is 12.0 Å². The maximum absolute atomic E-state index is 12.5. The summed E-state index contributed by atoms with van der Waals surface area (Å²) in [5, 5.41) is 9.34. The van der Waals surface area contributed by atoms with Gasteiger partial charge in [-0.25, -0.2) is 4.79 Å². The first-order chi connectivity index (χ1) is 9.82. The van der Waals surface area contributed by atoms with Crippen LogP contribution in [0.15, 0.2) is 0 Å². The van der Waals surface area contributed by atoms with Gasteiger partial charge < -0.3 is 19.8 Å². The van der Waals surface area contributed by atoms with Gasteiger partial charge >= 0.3 is 12.0 Å². The van der Waals surface area contributed by atoms with E-state index >= 15 is 0 Å². The second-order valence-corrected chi connectivity index (χ2v) is 6.97. The Balaban J connectivity index is 1.91. The summed E-state index contributed by atoms with van der Waals surface area (Å²) in [5.41, 5.74) is -0.803. The predicted molar refractivity (Wildman–Crippen MR) is 80.2 cm³/mol. The number of carbonyl (C=O) groups excluding carboxylic acids is 1. The van der Waals surface area contributed by atoms with Crippen LogP contribution in [0.3, 0.4) is 0 Å². The Hall–Kier alpha value is -1.30. The third-order valence-corrected chi connectivity index (χ3v) is 4.83. The summed E-state index contributed by atoms with van der Waals surface area (Å²) in [6, 6.07) is -0.0308. The Morgan fingerprint density at radius 1 is 1.38 bits per heavy atom. The number of likely N-dealkylation sites (tertiary alicyclic amines) is 2. The van der Waals surface area contributed by atoms with E-state index in [1.807, 2.05) is 7.05 Å². The van der Waals surface area contributed by atoms with E-state index in [-0.39, 0.29) is 6.03 Å². The molecule has 0 aromatic heterocycles. The van der Waals surface area contributed by atoms with Gasteiger partial charge in [0.05, 0.1) is 5.41 Å². The molecule has 0 spiro atoms. The Morgan fingerprint density at radius 3 is 2.67 bits per heavy atom. The van der Waals surface area contributed by atoms with Crippen molar-refractivity contribution in [2.45, 2.75) is 26.2 Å². The highest BCUT2D eigenvalue weighted by molar-refractivity contribution is 5.78. The molecule has 2 amide bonds. The quantitative estimate of drug-likeness (QED) is 0.849. The van der Waals surface area contributed by atoms with E-state index in [1.165, 1.54) is 0 Å². The molecule has 0 radical (unpaired) electrons. The Morgan fingerprint density at radius 2 is 2.10 bits per heavy atom. The zero-order valence-corrected chi connectivity index (χ0v) is 13.3. The Kier molecular flexibility index (Phi) is 4.76. The van der Waals surface area contributed by atoms with Crippen molar-refractivity contribution in [3.05, 3.63) is 0 Å². The van der Waals surface area contributed by atoms with Crippen molar-refractivity contribution in [1.29, 1.82) is 0 Å². The lowest BCUT2D eigenvalue weighted by atomic mass is 9.82. The third kappa shape index (κ3) is 3.67. The molecular formula is C15H27N3O3. The number of nitrogens with zero attached hydrogens (tertiary/aromatic N) is 3. The minimum Gasteiger partial charge on any atom is -0.481 e. The van der Waals surface area contributed by atoms with Gasteiger partial charge in [-0.3, -0.25) is 4.79 Å². The molecule has 2 aliphatic heterocycles. The van der Waals surface area contributed by atoms with Crippen molar-refractivity contribution in [2.75, 3.05) is 46.8 Å². The number of carbonyl (C=O) groups is 2. The average molecular weight is 297 g/mol. The number of carboxylic acids is 1. The van der Waals surface area contributed by atoms with Crippen LogP contribution in [0.4, 0.5) is 4.79 Å². The molecule has 0 aromatic carbocycles. The van der Waals surface area contributed by atoms with Crippen LogP contribution >= 0.6 is 0 Å². The Labute approximate surface area is 126 Å². The molecule has 2 aliphatic rings. The van der Waals surface area contributed by atoms with Gasteiger partial charge in [-0.05, 0) is 45.7 Å². The van der Waals surface area contributed by atoms with Gasteiger partial charge in [-0.1, -0.05) is 0 Å². The standard InChI is InChI=1S/C15H27N3O3/c1-15(13(19)20)6-4-7-18(11-15)14(21)17(3)10-12-5-8-16(2)9-12/h12H,4-11H2,1-3H3,(H,19,20). The topological polar surface area (TPSA) is 64.1 Å². The maximum atomic E-state index is 12.5. The number of hydrogen-bond acceptors (Lipinski definition) is 3. The summed E-state index contributed by atoms with van der Waals surface area (Å²) in [5.74, 6) is -0.278. The van der Waals surface area contributed by atoms with Gasteiger partial charge in [0.1, 0.15) is 0 Å². The summed E-state index contributed by atoms with van der Waals surface area (Å²) in [6.07, 6.45) is 2.53. The highest BCUT2D eigenvalue weighted by Crippen LogP contribution is 2.30. The number of urea groups is 1. The first kappa shape index (κ1) is 16.1. The van der Waals surface area contributed by atoms with E-state index < -0.39 is 11.4 Å². The summed E-state index contributed by atoms with van der Waals surface area (Å²) in [7, 11) is 3.93. The van der Waals surface area contributed by atoms with Gasteiger partial charge in [-0.15, -0.1) is 0 Å². The third-order valence-electron chi connectivity index (χ3n) is 4.83. The molecule has 2 heterocycles. The van der Waals surface area contributed by atoms with E-state index in [0.717, 1.165) is 32.5 Å². The zero-order valence-electron chi connectivity index (χ0n) is 13.3. The predicted octanol–water partition coefficient (Wildman–Crippen LogP) is 1.18. The summed E-state index contributed by atoms with van der Waals surface area (Å²) in [4.78, 5) is 29.6. The first-order valence-electron chi connectivity index (χ1n) is 7.74. The molecule has 1 N–H and O–H groups in total. The molecule has 0 aliphatic carbocycles. The van der Waals surface area contributed by atoms with E-state index in [1.54, 1.807) is 16.7 Å². The highest BCUT2D eigenvalue weighted by Gasteiger charge is 2.40. The van der Waals surface area contributed by atoms with Gasteiger partial charge in [-0.2, -0.15) is 0 Å². The number of carboxylic acid groups (broad SMARTS) is 1. The first-order valence-corrected chi connectivity index (χ1v) is 7.74. The molecule has 2 saturated heterocycles. The summed E-state index contributed by atoms with van der Waals surface area (Å²) in [6.45, 7) is 5.59. The fourth-order valence-corrected chi connectivity index (χ4v) is 3.46. The zero-order chi connectivity index (χ0) is 15.6.